The van der Waals surface area contributed by atoms with Crippen LogP contribution in [-0.2, 0) is 9.53 Å². The number of hydrogen-bond donors (Lipinski definition) is 2. The van der Waals surface area contributed by atoms with Gasteiger partial charge in [0, 0.05) is 30.3 Å². The van der Waals surface area contributed by atoms with E-state index in [0.717, 1.165) is 42.9 Å². The summed E-state index contributed by atoms with van der Waals surface area (Å²) in [6.45, 7) is 4.05. The average molecular weight is 340 g/mol. The number of anilines is 1. The van der Waals surface area contributed by atoms with Crippen molar-refractivity contribution in [1.29, 1.82) is 0 Å². The predicted molar refractivity (Wildman–Crippen MR) is 97.2 cm³/mol. The molecule has 0 unspecified atom stereocenters. The molecule has 0 spiro atoms. The van der Waals surface area contributed by atoms with Crippen molar-refractivity contribution in [3.63, 3.8) is 0 Å². The van der Waals surface area contributed by atoms with Gasteiger partial charge in [-0.2, -0.15) is 0 Å². The van der Waals surface area contributed by atoms with Crippen molar-refractivity contribution in [2.24, 2.45) is 5.41 Å². The zero-order valence-corrected chi connectivity index (χ0v) is 14.7. The Morgan fingerprint density at radius 2 is 1.96 bits per heavy atom. The van der Waals surface area contributed by atoms with Crippen LogP contribution in [0.25, 0.3) is 11.4 Å². The number of nitrogens with one attached hydrogen (secondary N) is 2. The average Bonchev–Trinajstić information content (AvgIpc) is 2.63. The Balaban J connectivity index is 1.73. The van der Waals surface area contributed by atoms with Crippen LogP contribution in [0.1, 0.15) is 18.5 Å². The first-order chi connectivity index (χ1) is 12.1. The van der Waals surface area contributed by atoms with Crippen molar-refractivity contribution in [3.05, 3.63) is 42.2 Å². The van der Waals surface area contributed by atoms with Gasteiger partial charge in [-0.25, -0.2) is 9.97 Å². The van der Waals surface area contributed by atoms with E-state index in [1.54, 1.807) is 13.3 Å². The number of carbonyl (C=O) groups excluding carboxylic acids is 1. The zero-order valence-electron chi connectivity index (χ0n) is 14.7. The van der Waals surface area contributed by atoms with Gasteiger partial charge in [-0.15, -0.1) is 0 Å². The fourth-order valence-corrected chi connectivity index (χ4v) is 3.17. The highest BCUT2D eigenvalue weighted by Crippen LogP contribution is 2.31. The summed E-state index contributed by atoms with van der Waals surface area (Å²) in [6, 6.07) is 9.50. The lowest BCUT2D eigenvalue weighted by atomic mass is 9.78. The number of rotatable bonds is 5. The van der Waals surface area contributed by atoms with Gasteiger partial charge >= 0.3 is 0 Å². The van der Waals surface area contributed by atoms with Gasteiger partial charge in [0.15, 0.2) is 5.82 Å². The Morgan fingerprint density at radius 3 is 2.60 bits per heavy atom. The minimum atomic E-state index is -0.460. The molecule has 1 aromatic carbocycles. The zero-order chi connectivity index (χ0) is 17.7. The number of piperidine rings is 1. The molecule has 132 valence electrons. The number of aromatic nitrogens is 2. The lowest BCUT2D eigenvalue weighted by Gasteiger charge is -2.35. The van der Waals surface area contributed by atoms with Gasteiger partial charge < -0.3 is 15.4 Å². The van der Waals surface area contributed by atoms with Gasteiger partial charge in [-0.3, -0.25) is 4.79 Å². The minimum absolute atomic E-state index is 0.0235. The first-order valence-electron chi connectivity index (χ1n) is 8.54. The first-order valence-corrected chi connectivity index (χ1v) is 8.54. The van der Waals surface area contributed by atoms with Crippen LogP contribution in [0.4, 0.5) is 5.69 Å². The fraction of sp³-hybridized carbons (Fsp3) is 0.421. The fourth-order valence-electron chi connectivity index (χ4n) is 3.17. The van der Waals surface area contributed by atoms with Gasteiger partial charge in [0.25, 0.3) is 0 Å². The Bertz CT molecular complexity index is 719. The SMILES string of the molecule is COCC1(C(=O)Nc2ccc(-c3nccc(C)n3)cc2)CCNCC1. The molecule has 2 N–H and O–H groups in total. The Kier molecular flexibility index (Phi) is 5.40. The summed E-state index contributed by atoms with van der Waals surface area (Å²) in [7, 11) is 1.65. The molecular formula is C19H24N4O2. The van der Waals surface area contributed by atoms with E-state index in [9.17, 15) is 4.79 Å². The Hall–Kier alpha value is -2.31. The van der Waals surface area contributed by atoms with Gasteiger partial charge in [-0.1, -0.05) is 0 Å². The van der Waals surface area contributed by atoms with E-state index in [4.69, 9.17) is 4.74 Å². The molecule has 3 rings (SSSR count). The summed E-state index contributed by atoms with van der Waals surface area (Å²) < 4.78 is 5.33. The van der Waals surface area contributed by atoms with Crippen molar-refractivity contribution in [2.45, 2.75) is 19.8 Å². The molecule has 0 bridgehead atoms. The van der Waals surface area contributed by atoms with Gasteiger partial charge in [0.05, 0.1) is 12.0 Å². The molecule has 1 aromatic heterocycles. The minimum Gasteiger partial charge on any atom is -0.384 e. The molecule has 0 atom stereocenters. The number of amides is 1. The normalized spacial score (nSPS) is 16.4. The molecular weight excluding hydrogens is 316 g/mol. The van der Waals surface area contributed by atoms with E-state index in [1.165, 1.54) is 0 Å². The number of methoxy groups -OCH3 is 1. The second-order valence-corrected chi connectivity index (χ2v) is 6.52. The number of carbonyl (C=O) groups is 1. The van der Waals surface area contributed by atoms with E-state index in [0.29, 0.717) is 12.4 Å². The molecule has 1 saturated heterocycles. The molecule has 2 aromatic rings. The molecule has 2 heterocycles. The van der Waals surface area contributed by atoms with E-state index < -0.39 is 5.41 Å². The number of hydrogen-bond acceptors (Lipinski definition) is 5. The second-order valence-electron chi connectivity index (χ2n) is 6.52. The largest absolute Gasteiger partial charge is 0.384 e. The topological polar surface area (TPSA) is 76.1 Å². The smallest absolute Gasteiger partial charge is 0.233 e. The first kappa shape index (κ1) is 17.5. The molecule has 6 nitrogen and oxygen atoms in total. The van der Waals surface area contributed by atoms with Crippen LogP contribution >= 0.6 is 0 Å². The monoisotopic (exact) mass is 340 g/mol. The molecule has 25 heavy (non-hydrogen) atoms. The number of ether oxygens (including phenoxy) is 1. The molecule has 6 heteroatoms. The maximum Gasteiger partial charge on any atom is 0.233 e. The third-order valence-corrected chi connectivity index (χ3v) is 4.66. The van der Waals surface area contributed by atoms with Crippen molar-refractivity contribution >= 4 is 11.6 Å². The van der Waals surface area contributed by atoms with Gasteiger partial charge in [-0.05, 0) is 63.2 Å². The Labute approximate surface area is 148 Å². The van der Waals surface area contributed by atoms with Crippen LogP contribution in [0.3, 0.4) is 0 Å². The molecule has 0 saturated carbocycles. The van der Waals surface area contributed by atoms with Crippen LogP contribution in [0.5, 0.6) is 0 Å². The van der Waals surface area contributed by atoms with Crippen molar-refractivity contribution in [2.75, 3.05) is 32.1 Å². The second kappa shape index (κ2) is 7.72. The van der Waals surface area contributed by atoms with Crippen LogP contribution < -0.4 is 10.6 Å². The Morgan fingerprint density at radius 1 is 1.24 bits per heavy atom. The van der Waals surface area contributed by atoms with E-state index in [-0.39, 0.29) is 5.91 Å². The lowest BCUT2D eigenvalue weighted by molar-refractivity contribution is -0.130. The number of nitrogens with zero attached hydrogens (tertiary/aromatic N) is 2. The molecule has 0 radical (unpaired) electrons. The van der Waals surface area contributed by atoms with Gasteiger partial charge in [0.1, 0.15) is 0 Å². The van der Waals surface area contributed by atoms with Crippen LogP contribution in [-0.4, -0.2) is 42.7 Å². The summed E-state index contributed by atoms with van der Waals surface area (Å²) >= 11 is 0. The van der Waals surface area contributed by atoms with Crippen LogP contribution in [0.15, 0.2) is 36.5 Å². The molecule has 1 aliphatic rings. The lowest BCUT2D eigenvalue weighted by Crippen LogP contribution is -2.47. The summed E-state index contributed by atoms with van der Waals surface area (Å²) in [4.78, 5) is 21.5. The van der Waals surface area contributed by atoms with E-state index in [1.807, 2.05) is 37.3 Å². The molecule has 0 aliphatic carbocycles. The van der Waals surface area contributed by atoms with Crippen molar-refractivity contribution in [3.8, 4) is 11.4 Å². The predicted octanol–water partition coefficient (Wildman–Crippen LogP) is 2.41. The van der Waals surface area contributed by atoms with E-state index in [2.05, 4.69) is 20.6 Å². The third-order valence-electron chi connectivity index (χ3n) is 4.66. The summed E-state index contributed by atoms with van der Waals surface area (Å²) in [5.74, 6) is 0.711. The van der Waals surface area contributed by atoms with Crippen molar-refractivity contribution < 1.29 is 9.53 Å². The van der Waals surface area contributed by atoms with Crippen LogP contribution in [0, 0.1) is 12.3 Å². The number of benzene rings is 1. The highest BCUT2D eigenvalue weighted by atomic mass is 16.5. The highest BCUT2D eigenvalue weighted by molar-refractivity contribution is 5.95. The maximum atomic E-state index is 12.8. The summed E-state index contributed by atoms with van der Waals surface area (Å²) in [5.41, 5.74) is 2.17. The third kappa shape index (κ3) is 4.03. The molecule has 1 amide bonds. The van der Waals surface area contributed by atoms with Crippen LogP contribution in [0.2, 0.25) is 0 Å². The van der Waals surface area contributed by atoms with E-state index >= 15 is 0 Å². The summed E-state index contributed by atoms with van der Waals surface area (Å²) in [6.07, 6.45) is 3.31. The molecule has 1 fully saturated rings. The van der Waals surface area contributed by atoms with Gasteiger partial charge in [0.2, 0.25) is 5.91 Å². The maximum absolute atomic E-state index is 12.8. The summed E-state index contributed by atoms with van der Waals surface area (Å²) in [5, 5.41) is 6.34. The molecule has 1 aliphatic heterocycles. The quantitative estimate of drug-likeness (QED) is 0.874. The number of aryl methyl sites for hydroxylation is 1. The van der Waals surface area contributed by atoms with Crippen molar-refractivity contribution in [1.82, 2.24) is 15.3 Å². The standard InChI is InChI=1S/C19H24N4O2/c1-14-7-10-21-17(22-14)15-3-5-16(6-4-15)23-18(24)19(13-25-2)8-11-20-12-9-19/h3-7,10,20H,8-9,11-13H2,1-2H3,(H,23,24). The highest BCUT2D eigenvalue weighted by Gasteiger charge is 2.39.